The Kier molecular flexibility index (Phi) is 3.28. The first-order valence-corrected chi connectivity index (χ1v) is 5.87. The van der Waals surface area contributed by atoms with E-state index in [4.69, 9.17) is 4.52 Å². The normalized spacial score (nSPS) is 10.3. The Bertz CT molecular complexity index is 563. The molecule has 2 aromatic rings. The third kappa shape index (κ3) is 2.55. The molecule has 5 heteroatoms. The minimum Gasteiger partial charge on any atom is -0.338 e. The Morgan fingerprint density at radius 3 is 2.76 bits per heavy atom. The smallest absolute Gasteiger partial charge is 0.258 e. The van der Waals surface area contributed by atoms with Crippen LogP contribution >= 0.6 is 15.9 Å². The van der Waals surface area contributed by atoms with Crippen LogP contribution < -0.4 is 5.32 Å². The minimum absolute atomic E-state index is 0.217. The van der Waals surface area contributed by atoms with Crippen LogP contribution in [0.25, 0.3) is 0 Å². The van der Waals surface area contributed by atoms with Crippen LogP contribution in [0.1, 0.15) is 21.6 Å². The predicted octanol–water partition coefficient (Wildman–Crippen LogP) is 3.31. The molecule has 0 aliphatic heterocycles. The molecule has 0 radical (unpaired) electrons. The van der Waals surface area contributed by atoms with Gasteiger partial charge in [0, 0.05) is 15.6 Å². The monoisotopic (exact) mass is 294 g/mol. The van der Waals surface area contributed by atoms with Crippen molar-refractivity contribution in [2.45, 2.75) is 13.8 Å². The average molecular weight is 295 g/mol. The molecule has 0 fully saturated rings. The number of aromatic nitrogens is 1. The number of aryl methyl sites for hydroxylation is 1. The number of benzene rings is 1. The van der Waals surface area contributed by atoms with Crippen LogP contribution in [0, 0.1) is 13.8 Å². The number of nitrogens with one attached hydrogen (secondary N) is 1. The van der Waals surface area contributed by atoms with Crippen LogP contribution in [-0.4, -0.2) is 11.1 Å². The van der Waals surface area contributed by atoms with Crippen molar-refractivity contribution in [2.24, 2.45) is 0 Å². The summed E-state index contributed by atoms with van der Waals surface area (Å²) in [6, 6.07) is 7.14. The molecule has 0 saturated carbocycles. The van der Waals surface area contributed by atoms with Crippen molar-refractivity contribution < 1.29 is 9.32 Å². The Labute approximate surface area is 107 Å². The van der Waals surface area contributed by atoms with E-state index >= 15 is 0 Å². The molecule has 0 saturated heterocycles. The highest BCUT2D eigenvalue weighted by atomic mass is 79.9. The van der Waals surface area contributed by atoms with Gasteiger partial charge in [0.05, 0.1) is 5.69 Å². The maximum absolute atomic E-state index is 11.9. The second kappa shape index (κ2) is 4.71. The second-order valence-electron chi connectivity index (χ2n) is 3.69. The lowest BCUT2D eigenvalue weighted by atomic mass is 10.2. The van der Waals surface area contributed by atoms with E-state index in [9.17, 15) is 4.79 Å². The summed E-state index contributed by atoms with van der Waals surface area (Å²) >= 11 is 3.32. The van der Waals surface area contributed by atoms with E-state index in [0.29, 0.717) is 11.4 Å². The molecular formula is C12H11BrN2O2. The van der Waals surface area contributed by atoms with Crippen LogP contribution in [0.15, 0.2) is 33.3 Å². The Morgan fingerprint density at radius 1 is 1.41 bits per heavy atom. The van der Waals surface area contributed by atoms with Gasteiger partial charge in [-0.25, -0.2) is 0 Å². The summed E-state index contributed by atoms with van der Waals surface area (Å²) in [6.45, 7) is 3.68. The summed E-state index contributed by atoms with van der Waals surface area (Å²) < 4.78 is 5.88. The molecule has 2 rings (SSSR count). The fourth-order valence-corrected chi connectivity index (χ4v) is 1.74. The van der Waals surface area contributed by atoms with Gasteiger partial charge in [-0.15, -0.1) is 0 Å². The van der Waals surface area contributed by atoms with Crippen molar-refractivity contribution in [3.05, 3.63) is 45.6 Å². The molecule has 88 valence electrons. The van der Waals surface area contributed by atoms with Crippen LogP contribution in [-0.2, 0) is 0 Å². The molecule has 0 aliphatic rings. The van der Waals surface area contributed by atoms with E-state index in [1.54, 1.807) is 18.2 Å². The van der Waals surface area contributed by atoms with Crippen molar-refractivity contribution >= 4 is 27.7 Å². The summed E-state index contributed by atoms with van der Waals surface area (Å²) in [7, 11) is 0. The highest BCUT2D eigenvalue weighted by Crippen LogP contribution is 2.19. The Hall–Kier alpha value is -1.62. The SMILES string of the molecule is Cc1noc(NC(=O)c2cccc(Br)c2)c1C. The van der Waals surface area contributed by atoms with Crippen molar-refractivity contribution in [3.63, 3.8) is 0 Å². The van der Waals surface area contributed by atoms with Crippen molar-refractivity contribution in [3.8, 4) is 0 Å². The number of anilines is 1. The summed E-state index contributed by atoms with van der Waals surface area (Å²) in [6.07, 6.45) is 0. The third-order valence-electron chi connectivity index (χ3n) is 2.47. The fraction of sp³-hybridized carbons (Fsp3) is 0.167. The number of amides is 1. The third-order valence-corrected chi connectivity index (χ3v) is 2.96. The van der Waals surface area contributed by atoms with Gasteiger partial charge in [-0.2, -0.15) is 0 Å². The van der Waals surface area contributed by atoms with Crippen LogP contribution in [0.2, 0.25) is 0 Å². The molecule has 1 aromatic heterocycles. The molecule has 17 heavy (non-hydrogen) atoms. The van der Waals surface area contributed by atoms with Gasteiger partial charge in [0.15, 0.2) is 0 Å². The highest BCUT2D eigenvalue weighted by molar-refractivity contribution is 9.10. The summed E-state index contributed by atoms with van der Waals surface area (Å²) in [5, 5.41) is 6.47. The van der Waals surface area contributed by atoms with Crippen molar-refractivity contribution in [1.82, 2.24) is 5.16 Å². The number of halogens is 1. The van der Waals surface area contributed by atoms with Gasteiger partial charge in [0.2, 0.25) is 5.88 Å². The molecule has 1 amide bonds. The number of hydrogen-bond acceptors (Lipinski definition) is 3. The summed E-state index contributed by atoms with van der Waals surface area (Å²) in [4.78, 5) is 11.9. The average Bonchev–Trinajstić information content (AvgIpc) is 2.61. The van der Waals surface area contributed by atoms with E-state index in [1.807, 2.05) is 19.9 Å². The molecule has 0 atom stereocenters. The number of rotatable bonds is 2. The molecule has 1 heterocycles. The van der Waals surface area contributed by atoms with Crippen molar-refractivity contribution in [1.29, 1.82) is 0 Å². The first kappa shape index (κ1) is 11.9. The van der Waals surface area contributed by atoms with E-state index in [1.165, 1.54) is 0 Å². The molecule has 1 N–H and O–H groups in total. The van der Waals surface area contributed by atoms with E-state index in [0.717, 1.165) is 15.7 Å². The van der Waals surface area contributed by atoms with Gasteiger partial charge in [0.1, 0.15) is 0 Å². The zero-order chi connectivity index (χ0) is 12.4. The van der Waals surface area contributed by atoms with E-state index < -0.39 is 0 Å². The fourth-order valence-electron chi connectivity index (χ4n) is 1.34. The predicted molar refractivity (Wildman–Crippen MR) is 68.1 cm³/mol. The molecule has 0 bridgehead atoms. The maximum Gasteiger partial charge on any atom is 0.258 e. The second-order valence-corrected chi connectivity index (χ2v) is 4.60. The van der Waals surface area contributed by atoms with Gasteiger partial charge < -0.3 is 4.52 Å². The Balaban J connectivity index is 2.20. The topological polar surface area (TPSA) is 55.1 Å². The van der Waals surface area contributed by atoms with Gasteiger partial charge in [-0.05, 0) is 32.0 Å². The van der Waals surface area contributed by atoms with Crippen molar-refractivity contribution in [2.75, 3.05) is 5.32 Å². The van der Waals surface area contributed by atoms with Crippen LogP contribution in [0.4, 0.5) is 5.88 Å². The van der Waals surface area contributed by atoms with E-state index in [-0.39, 0.29) is 5.91 Å². The lowest BCUT2D eigenvalue weighted by molar-refractivity contribution is 0.102. The quantitative estimate of drug-likeness (QED) is 0.924. The molecular weight excluding hydrogens is 284 g/mol. The van der Waals surface area contributed by atoms with Crippen LogP contribution in [0.3, 0.4) is 0 Å². The highest BCUT2D eigenvalue weighted by Gasteiger charge is 2.13. The lowest BCUT2D eigenvalue weighted by Crippen LogP contribution is -2.11. The summed E-state index contributed by atoms with van der Waals surface area (Å²) in [5.41, 5.74) is 2.18. The lowest BCUT2D eigenvalue weighted by Gasteiger charge is -2.02. The standard InChI is InChI=1S/C12H11BrN2O2/c1-7-8(2)15-17-12(7)14-11(16)9-4-3-5-10(13)6-9/h3-6H,1-2H3,(H,14,16). The first-order valence-electron chi connectivity index (χ1n) is 5.07. The molecule has 1 aromatic carbocycles. The molecule has 0 unspecified atom stereocenters. The largest absolute Gasteiger partial charge is 0.338 e. The molecule has 4 nitrogen and oxygen atoms in total. The number of hydrogen-bond donors (Lipinski definition) is 1. The zero-order valence-corrected chi connectivity index (χ0v) is 11.0. The number of carbonyl (C=O) groups excluding carboxylic acids is 1. The Morgan fingerprint density at radius 2 is 2.18 bits per heavy atom. The zero-order valence-electron chi connectivity index (χ0n) is 9.45. The number of carbonyl (C=O) groups is 1. The van der Waals surface area contributed by atoms with Gasteiger partial charge in [-0.1, -0.05) is 27.2 Å². The number of nitrogens with zero attached hydrogens (tertiary/aromatic N) is 1. The van der Waals surface area contributed by atoms with Gasteiger partial charge >= 0.3 is 0 Å². The van der Waals surface area contributed by atoms with Gasteiger partial charge in [-0.3, -0.25) is 10.1 Å². The molecule has 0 spiro atoms. The summed E-state index contributed by atoms with van der Waals surface area (Å²) in [5.74, 6) is 0.179. The molecule has 0 aliphatic carbocycles. The maximum atomic E-state index is 11.9. The minimum atomic E-state index is -0.217. The first-order chi connectivity index (χ1) is 8.08. The van der Waals surface area contributed by atoms with Gasteiger partial charge in [0.25, 0.3) is 5.91 Å². The van der Waals surface area contributed by atoms with E-state index in [2.05, 4.69) is 26.4 Å². The van der Waals surface area contributed by atoms with Crippen LogP contribution in [0.5, 0.6) is 0 Å².